The summed E-state index contributed by atoms with van der Waals surface area (Å²) in [6, 6.07) is 107. The van der Waals surface area contributed by atoms with Gasteiger partial charge in [0.25, 0.3) is 0 Å². The summed E-state index contributed by atoms with van der Waals surface area (Å²) in [6.07, 6.45) is 0. The first kappa shape index (κ1) is 89.8. The molecule has 0 saturated heterocycles. The van der Waals surface area contributed by atoms with Crippen LogP contribution in [0.1, 0.15) is 66.8 Å². The molecule has 0 N–H and O–H groups in total. The van der Waals surface area contributed by atoms with Gasteiger partial charge in [0.2, 0.25) is 0 Å². The van der Waals surface area contributed by atoms with Crippen LogP contribution in [0.5, 0.6) is 0 Å². The van der Waals surface area contributed by atoms with E-state index in [9.17, 15) is 15.8 Å². The second kappa shape index (κ2) is 37.0. The monoisotopic (exact) mass is 1760 g/mol. The minimum absolute atomic E-state index is 0.695. The van der Waals surface area contributed by atoms with Gasteiger partial charge in [0, 0.05) is 182 Å². The molecule has 0 amide bonds. The summed E-state index contributed by atoms with van der Waals surface area (Å²) in [4.78, 5) is 14.3. The maximum atomic E-state index is 9.25. The molecule has 0 fully saturated rings. The average molecular weight is 1760 g/mol. The Morgan fingerprint density at radius 3 is 1.17 bits per heavy atom. The van der Waals surface area contributed by atoms with Crippen LogP contribution >= 0.6 is 0 Å². The van der Waals surface area contributed by atoms with Crippen molar-refractivity contribution in [3.63, 3.8) is 0 Å². The molecule has 0 aliphatic carbocycles. The first-order valence-corrected chi connectivity index (χ1v) is 44.7. The zero-order valence-corrected chi connectivity index (χ0v) is 78.9. The highest BCUT2D eigenvalue weighted by Gasteiger charge is 2.21. The van der Waals surface area contributed by atoms with Crippen molar-refractivity contribution < 1.29 is 0 Å². The molecule has 16 nitrogen and oxygen atoms in total. The number of hydrogen-bond donors (Lipinski definition) is 0. The van der Waals surface area contributed by atoms with Crippen LogP contribution in [0.2, 0.25) is 0 Å². The van der Waals surface area contributed by atoms with Crippen LogP contribution in [0.3, 0.4) is 0 Å². The molecule has 16 aromatic carbocycles. The second-order valence-corrected chi connectivity index (χ2v) is 34.9. The Hall–Kier alpha value is -18.2. The number of fused-ring (bicyclic) bond motifs is 24. The molecule has 8 heterocycles. The standard InChI is InChI=1S/8C15H12N2/c1-10-5-4-6-13-12-8-7-11(16-2)9-14(12)17(3)15(10)13;1-10-5-4-6-12-13-9-11(16-2)7-8-14(13)17(3)15(10)12;1-10-8-12(16-2)15-11-6-4-5-7-13(11)17(3)14(15)9-10;1-10-8-9-12(16-2)14-11-6-4-5-7-13(11)17(3)15(10)14;1-10-5-3-7-12-14-11(9-16)6-4-8-13(14)17(2)15(10)12;1-10-6-7-12-14(8-10)17(2)13-5-3-4-11(9-16)15(12)13;1-10-7-15-13(8-11(10)9-16)12-5-3-4-6-14(12)17(15)2;1-10-7-11(9-16)15-13(8-10)12-5-3-4-6-14(12)17(15)2/h4*4-9H,1,3H3;4*3-8H,1-2H3. The van der Waals surface area contributed by atoms with Crippen molar-refractivity contribution in [2.75, 3.05) is 0 Å². The van der Waals surface area contributed by atoms with Crippen molar-refractivity contribution >= 4 is 197 Å². The SMILES string of the molecule is Cc1cc(C#N)c2c(c1)c1ccccc1n2C.Cc1cc2c(cc1C#N)c1ccccc1n2C.Cc1ccc2c3c(C#N)cccc3n(C)c2c1.Cc1cccc2c3c(C#N)cccc3n(C)c12.[C-]#[N+]c1cc(C)cc2c1c1ccccc1n2C.[C-]#[N+]c1ccc(C)c2c1c1ccccc1n2C.[C-]#[N+]c1ccc2c(c1)c1cccc(C)c1n2C.[C-]#[N+]c1ccc2c3cccc(C)c3n(C)c2c1. The van der Waals surface area contributed by atoms with Crippen LogP contribution in [0.15, 0.2) is 291 Å². The molecule has 16 heteroatoms. The Kier molecular flexibility index (Phi) is 24.4. The van der Waals surface area contributed by atoms with Crippen molar-refractivity contribution in [3.8, 4) is 24.3 Å². The van der Waals surface area contributed by atoms with E-state index in [1.165, 1.54) is 137 Å². The number of rotatable bonds is 0. The minimum atomic E-state index is 0.695. The highest BCUT2D eigenvalue weighted by Crippen LogP contribution is 2.42. The molecule has 0 bridgehead atoms. The molecule has 8 aromatic heterocycles. The molecule has 656 valence electrons. The van der Waals surface area contributed by atoms with Gasteiger partial charge in [-0.3, -0.25) is 0 Å². The largest absolute Gasteiger partial charge is 0.345 e. The normalized spacial score (nSPS) is 10.9. The number of aromatic nitrogens is 8. The fraction of sp³-hybridized carbons (Fsp3) is 0.133. The predicted octanol–water partition coefficient (Wildman–Crippen LogP) is 30.8. The van der Waals surface area contributed by atoms with E-state index in [0.717, 1.165) is 116 Å². The molecule has 0 aliphatic heterocycles. The van der Waals surface area contributed by atoms with Crippen LogP contribution in [-0.4, -0.2) is 36.5 Å². The van der Waals surface area contributed by atoms with E-state index in [2.05, 4.69) is 303 Å². The van der Waals surface area contributed by atoms with Crippen molar-refractivity contribution in [2.45, 2.75) is 55.4 Å². The van der Waals surface area contributed by atoms with Gasteiger partial charge in [-0.25, -0.2) is 19.4 Å². The summed E-state index contributed by atoms with van der Waals surface area (Å²) in [5.74, 6) is 0. The third-order valence-corrected chi connectivity index (χ3v) is 26.6. The summed E-state index contributed by atoms with van der Waals surface area (Å²) in [5.41, 5.74) is 34.1. The Morgan fingerprint density at radius 1 is 0.199 bits per heavy atom. The van der Waals surface area contributed by atoms with E-state index in [1.807, 2.05) is 180 Å². The summed E-state index contributed by atoms with van der Waals surface area (Å²) in [6.45, 7) is 45.4. The van der Waals surface area contributed by atoms with Crippen LogP contribution in [0.4, 0.5) is 22.7 Å². The van der Waals surface area contributed by atoms with Gasteiger partial charge in [0.1, 0.15) is 6.07 Å². The quantitative estimate of drug-likeness (QED) is 0.139. The second-order valence-electron chi connectivity index (χ2n) is 34.9. The lowest BCUT2D eigenvalue weighted by Crippen LogP contribution is -1.90. The van der Waals surface area contributed by atoms with Gasteiger partial charge in [0.15, 0.2) is 22.7 Å². The molecule has 0 radical (unpaired) electrons. The minimum Gasteiger partial charge on any atom is -0.345 e. The molecule has 0 spiro atoms. The van der Waals surface area contributed by atoms with Crippen molar-refractivity contribution in [3.05, 3.63) is 404 Å². The van der Waals surface area contributed by atoms with Crippen LogP contribution in [-0.2, 0) is 56.4 Å². The molecule has 136 heavy (non-hydrogen) atoms. The third kappa shape index (κ3) is 15.7. The molecule has 24 rings (SSSR count). The predicted molar refractivity (Wildman–Crippen MR) is 565 cm³/mol. The van der Waals surface area contributed by atoms with Gasteiger partial charge in [0.05, 0.1) is 99.9 Å². The smallest absolute Gasteiger partial charge is 0.197 e. The number of aryl methyl sites for hydroxylation is 16. The van der Waals surface area contributed by atoms with Crippen molar-refractivity contribution in [1.29, 1.82) is 21.0 Å². The lowest BCUT2D eigenvalue weighted by Gasteiger charge is -2.02. The average Bonchev–Trinajstić information content (AvgIpc) is 1.68. The summed E-state index contributed by atoms with van der Waals surface area (Å²) < 4.78 is 17.3. The number of para-hydroxylation sites is 7. The molecular formula is C120H96N16. The zero-order chi connectivity index (χ0) is 95.9. The number of nitriles is 4. The first-order valence-electron chi connectivity index (χ1n) is 44.7. The molecule has 0 saturated carbocycles. The van der Waals surface area contributed by atoms with E-state index >= 15 is 0 Å². The number of hydrogen-bond acceptors (Lipinski definition) is 4. The van der Waals surface area contributed by atoms with Gasteiger partial charge in [-0.15, -0.1) is 0 Å². The zero-order valence-electron chi connectivity index (χ0n) is 78.9. The fourth-order valence-electron chi connectivity index (χ4n) is 20.2. The van der Waals surface area contributed by atoms with Crippen molar-refractivity contribution in [1.82, 2.24) is 36.5 Å². The van der Waals surface area contributed by atoms with Crippen LogP contribution < -0.4 is 0 Å². The van der Waals surface area contributed by atoms with E-state index in [4.69, 9.17) is 31.6 Å². The van der Waals surface area contributed by atoms with Gasteiger partial charge in [-0.05, 0) is 214 Å². The van der Waals surface area contributed by atoms with Gasteiger partial charge >= 0.3 is 0 Å². The van der Waals surface area contributed by atoms with E-state index < -0.39 is 0 Å². The summed E-state index contributed by atoms with van der Waals surface area (Å²) in [7, 11) is 16.4. The van der Waals surface area contributed by atoms with Crippen LogP contribution in [0, 0.1) is 127 Å². The third-order valence-electron chi connectivity index (χ3n) is 26.6. The highest BCUT2D eigenvalue weighted by atomic mass is 15.0. The van der Waals surface area contributed by atoms with E-state index in [0.29, 0.717) is 11.4 Å². The first-order chi connectivity index (χ1) is 65.8. The number of nitrogens with zero attached hydrogens (tertiary/aromatic N) is 16. The Bertz CT molecular complexity index is 9420. The summed E-state index contributed by atoms with van der Waals surface area (Å²) >= 11 is 0. The topological polar surface area (TPSA) is 152 Å². The summed E-state index contributed by atoms with van der Waals surface area (Å²) in [5, 5.41) is 55.3. The van der Waals surface area contributed by atoms with Crippen molar-refractivity contribution in [2.24, 2.45) is 56.4 Å². The number of benzene rings is 16. The van der Waals surface area contributed by atoms with Gasteiger partial charge in [-0.2, -0.15) is 21.0 Å². The molecule has 0 unspecified atom stereocenters. The maximum absolute atomic E-state index is 9.25. The Morgan fingerprint density at radius 2 is 0.574 bits per heavy atom. The Balaban J connectivity index is 0.000000108. The molecular weight excluding hydrogens is 1670 g/mol. The molecule has 0 atom stereocenters. The van der Waals surface area contributed by atoms with E-state index in [-0.39, 0.29) is 0 Å². The lowest BCUT2D eigenvalue weighted by atomic mass is 10.1. The maximum Gasteiger partial charge on any atom is 0.197 e. The van der Waals surface area contributed by atoms with E-state index in [1.54, 1.807) is 0 Å². The van der Waals surface area contributed by atoms with Crippen LogP contribution in [0.25, 0.3) is 194 Å². The Labute approximate surface area is 789 Å². The lowest BCUT2D eigenvalue weighted by molar-refractivity contribution is 1.01. The molecule has 24 aromatic rings. The fourth-order valence-corrected chi connectivity index (χ4v) is 20.2. The van der Waals surface area contributed by atoms with Gasteiger partial charge < -0.3 is 36.5 Å². The van der Waals surface area contributed by atoms with Gasteiger partial charge in [-0.1, -0.05) is 194 Å². The highest BCUT2D eigenvalue weighted by molar-refractivity contribution is 6.19. The molecule has 0 aliphatic rings.